The van der Waals surface area contributed by atoms with E-state index in [1.807, 2.05) is 6.92 Å². The maximum absolute atomic E-state index is 5.59. The maximum Gasteiger partial charge on any atom is 0.167 e. The number of nitrogens with one attached hydrogen (secondary N) is 1. The summed E-state index contributed by atoms with van der Waals surface area (Å²) in [6, 6.07) is 6.72. The Morgan fingerprint density at radius 3 is 3.13 bits per heavy atom. The molecule has 4 rings (SSSR count). The highest BCUT2D eigenvalue weighted by molar-refractivity contribution is 5.39. The van der Waals surface area contributed by atoms with Crippen molar-refractivity contribution >= 4 is 0 Å². The second-order valence-corrected chi connectivity index (χ2v) is 6.36. The van der Waals surface area contributed by atoms with E-state index < -0.39 is 0 Å². The lowest BCUT2D eigenvalue weighted by Gasteiger charge is -2.22. The summed E-state index contributed by atoms with van der Waals surface area (Å²) in [5.74, 6) is 2.76. The molecular formula is C17H22N4O2. The van der Waals surface area contributed by atoms with Gasteiger partial charge < -0.3 is 9.47 Å². The summed E-state index contributed by atoms with van der Waals surface area (Å²) in [6.45, 7) is 4.52. The van der Waals surface area contributed by atoms with E-state index in [1.54, 1.807) is 7.11 Å². The third kappa shape index (κ3) is 2.84. The van der Waals surface area contributed by atoms with Crippen molar-refractivity contribution in [1.82, 2.24) is 20.1 Å². The average Bonchev–Trinajstić information content (AvgIpc) is 3.26. The van der Waals surface area contributed by atoms with Gasteiger partial charge in [-0.3, -0.25) is 10.00 Å². The number of aromatic amines is 1. The second kappa shape index (κ2) is 5.94. The van der Waals surface area contributed by atoms with Crippen LogP contribution < -0.4 is 4.74 Å². The number of hydrogen-bond donors (Lipinski definition) is 1. The number of benzene rings is 1. The predicted octanol–water partition coefficient (Wildman–Crippen LogP) is 2.01. The van der Waals surface area contributed by atoms with Crippen LogP contribution in [0.5, 0.6) is 5.75 Å². The molecule has 6 nitrogen and oxygen atoms in total. The number of rotatable bonds is 4. The Morgan fingerprint density at radius 1 is 1.43 bits per heavy atom. The summed E-state index contributed by atoms with van der Waals surface area (Å²) < 4.78 is 11.2. The molecule has 0 aliphatic carbocycles. The van der Waals surface area contributed by atoms with E-state index in [1.165, 1.54) is 11.1 Å². The van der Waals surface area contributed by atoms with E-state index in [9.17, 15) is 0 Å². The number of likely N-dealkylation sites (tertiary alicyclic amines) is 1. The van der Waals surface area contributed by atoms with Crippen molar-refractivity contribution in [2.45, 2.75) is 38.5 Å². The highest BCUT2D eigenvalue weighted by Crippen LogP contribution is 2.34. The lowest BCUT2D eigenvalue weighted by Crippen LogP contribution is -2.25. The van der Waals surface area contributed by atoms with E-state index >= 15 is 0 Å². The van der Waals surface area contributed by atoms with Gasteiger partial charge in [0.25, 0.3) is 0 Å². The van der Waals surface area contributed by atoms with Gasteiger partial charge in [0.15, 0.2) is 5.82 Å². The Kier molecular flexibility index (Phi) is 3.79. The number of hydrogen-bond acceptors (Lipinski definition) is 5. The molecule has 0 amide bonds. The smallest absolute Gasteiger partial charge is 0.167 e. The van der Waals surface area contributed by atoms with Crippen molar-refractivity contribution in [2.24, 2.45) is 0 Å². The monoisotopic (exact) mass is 314 g/mol. The molecule has 0 radical (unpaired) electrons. The molecule has 2 aliphatic rings. The lowest BCUT2D eigenvalue weighted by atomic mass is 10.1. The molecule has 2 aromatic rings. The minimum Gasteiger partial charge on any atom is -0.493 e. The van der Waals surface area contributed by atoms with Gasteiger partial charge in [-0.25, -0.2) is 4.98 Å². The Balaban J connectivity index is 1.55. The summed E-state index contributed by atoms with van der Waals surface area (Å²) in [5, 5.41) is 7.31. The third-order valence-corrected chi connectivity index (χ3v) is 4.75. The maximum atomic E-state index is 5.59. The zero-order chi connectivity index (χ0) is 15.8. The Bertz CT molecular complexity index is 700. The number of aryl methyl sites for hydroxylation is 1. The predicted molar refractivity (Wildman–Crippen MR) is 85.3 cm³/mol. The number of fused-ring (bicyclic) bond motifs is 1. The summed E-state index contributed by atoms with van der Waals surface area (Å²) >= 11 is 0. The van der Waals surface area contributed by atoms with Gasteiger partial charge >= 0.3 is 0 Å². The van der Waals surface area contributed by atoms with Gasteiger partial charge in [0.2, 0.25) is 0 Å². The van der Waals surface area contributed by atoms with Crippen LogP contribution in [0.2, 0.25) is 0 Å². The highest BCUT2D eigenvalue weighted by atomic mass is 16.5. The molecule has 1 saturated heterocycles. The van der Waals surface area contributed by atoms with E-state index in [-0.39, 0.29) is 12.1 Å². The molecule has 0 unspecified atom stereocenters. The van der Waals surface area contributed by atoms with Crippen molar-refractivity contribution in [3.05, 3.63) is 41.0 Å². The molecule has 1 N–H and O–H groups in total. The summed E-state index contributed by atoms with van der Waals surface area (Å²) in [7, 11) is 1.78. The number of H-pyrrole nitrogens is 1. The van der Waals surface area contributed by atoms with Gasteiger partial charge in [-0.05, 0) is 30.5 Å². The number of ether oxygens (including phenoxy) is 2. The zero-order valence-electron chi connectivity index (χ0n) is 13.6. The molecule has 23 heavy (non-hydrogen) atoms. The van der Waals surface area contributed by atoms with Crippen LogP contribution in [0.25, 0.3) is 0 Å². The van der Waals surface area contributed by atoms with Gasteiger partial charge in [-0.1, -0.05) is 12.1 Å². The molecule has 1 fully saturated rings. The first kappa shape index (κ1) is 14.7. The van der Waals surface area contributed by atoms with E-state index in [2.05, 4.69) is 38.3 Å². The van der Waals surface area contributed by atoms with Crippen molar-refractivity contribution in [1.29, 1.82) is 0 Å². The normalized spacial score (nSPS) is 23.9. The summed E-state index contributed by atoms with van der Waals surface area (Å²) in [5.41, 5.74) is 2.62. The molecule has 0 saturated carbocycles. The first-order valence-corrected chi connectivity index (χ1v) is 8.13. The van der Waals surface area contributed by atoms with E-state index in [0.29, 0.717) is 0 Å². The lowest BCUT2D eigenvalue weighted by molar-refractivity contribution is 0.107. The summed E-state index contributed by atoms with van der Waals surface area (Å²) in [6.07, 6.45) is 2.17. The molecule has 1 aromatic heterocycles. The van der Waals surface area contributed by atoms with Crippen LogP contribution in [0.15, 0.2) is 18.2 Å². The average molecular weight is 314 g/mol. The van der Waals surface area contributed by atoms with Crippen LogP contribution in [-0.4, -0.2) is 46.4 Å². The SMILES string of the molecule is CO[C@@H]1C[C@@H](c2n[nH]c(C)n2)N(Cc2ccc3c(c2)CCO3)C1. The zero-order valence-corrected chi connectivity index (χ0v) is 13.6. The topological polar surface area (TPSA) is 63.3 Å². The number of nitrogens with zero attached hydrogens (tertiary/aromatic N) is 3. The van der Waals surface area contributed by atoms with E-state index in [4.69, 9.17) is 9.47 Å². The van der Waals surface area contributed by atoms with Crippen LogP contribution in [0.1, 0.15) is 35.2 Å². The minimum atomic E-state index is 0.203. The Labute approximate surface area is 135 Å². The second-order valence-electron chi connectivity index (χ2n) is 6.36. The van der Waals surface area contributed by atoms with Gasteiger partial charge in [-0.2, -0.15) is 5.10 Å². The molecule has 1 aromatic carbocycles. The van der Waals surface area contributed by atoms with Crippen LogP contribution in [0, 0.1) is 6.92 Å². The van der Waals surface area contributed by atoms with Crippen LogP contribution >= 0.6 is 0 Å². The Morgan fingerprint density at radius 2 is 2.35 bits per heavy atom. The first-order chi connectivity index (χ1) is 11.2. The van der Waals surface area contributed by atoms with Gasteiger partial charge in [-0.15, -0.1) is 0 Å². The first-order valence-electron chi connectivity index (χ1n) is 8.13. The standard InChI is InChI=1S/C17H22N4O2/c1-11-18-17(20-19-11)15-8-14(22-2)10-21(15)9-12-3-4-16-13(7-12)5-6-23-16/h3-4,7,14-15H,5-6,8-10H2,1-2H3,(H,18,19,20)/t14-,15+/m1/s1. The van der Waals surface area contributed by atoms with Crippen molar-refractivity contribution in [3.63, 3.8) is 0 Å². The molecule has 2 aliphatic heterocycles. The fraction of sp³-hybridized carbons (Fsp3) is 0.529. The van der Waals surface area contributed by atoms with Crippen molar-refractivity contribution in [3.8, 4) is 5.75 Å². The molecular weight excluding hydrogens is 292 g/mol. The van der Waals surface area contributed by atoms with Gasteiger partial charge in [0.05, 0.1) is 18.8 Å². The van der Waals surface area contributed by atoms with Gasteiger partial charge in [0.1, 0.15) is 11.6 Å². The largest absolute Gasteiger partial charge is 0.493 e. The quantitative estimate of drug-likeness (QED) is 0.935. The van der Waals surface area contributed by atoms with Crippen LogP contribution in [-0.2, 0) is 17.7 Å². The van der Waals surface area contributed by atoms with Gasteiger partial charge in [0, 0.05) is 26.6 Å². The molecule has 0 bridgehead atoms. The molecule has 3 heterocycles. The molecule has 2 atom stereocenters. The third-order valence-electron chi connectivity index (χ3n) is 4.75. The fourth-order valence-electron chi connectivity index (χ4n) is 3.56. The highest BCUT2D eigenvalue weighted by Gasteiger charge is 2.35. The summed E-state index contributed by atoms with van der Waals surface area (Å²) in [4.78, 5) is 6.94. The fourth-order valence-corrected chi connectivity index (χ4v) is 3.56. The van der Waals surface area contributed by atoms with E-state index in [0.717, 1.165) is 49.9 Å². The van der Waals surface area contributed by atoms with Crippen molar-refractivity contribution in [2.75, 3.05) is 20.3 Å². The van der Waals surface area contributed by atoms with Crippen molar-refractivity contribution < 1.29 is 9.47 Å². The van der Waals surface area contributed by atoms with Crippen LogP contribution in [0.3, 0.4) is 0 Å². The molecule has 122 valence electrons. The molecule has 0 spiro atoms. The molecule has 6 heteroatoms. The Hall–Kier alpha value is -1.92. The number of methoxy groups -OCH3 is 1. The number of aromatic nitrogens is 3. The minimum absolute atomic E-state index is 0.203. The van der Waals surface area contributed by atoms with Crippen LogP contribution in [0.4, 0.5) is 0 Å².